The Bertz CT molecular complexity index is 409. The molecule has 0 amide bonds. The zero-order valence-corrected chi connectivity index (χ0v) is 10.5. The number of carbonyl (C=O) groups is 1. The number of carbonyl (C=O) groups excluding carboxylic acids is 1. The second-order valence-corrected chi connectivity index (χ2v) is 5.08. The van der Waals surface area contributed by atoms with Gasteiger partial charge in [-0.2, -0.15) is 0 Å². The zero-order valence-electron chi connectivity index (χ0n) is 9.72. The van der Waals surface area contributed by atoms with Gasteiger partial charge in [-0.25, -0.2) is 4.39 Å². The average molecular weight is 255 g/mol. The Kier molecular flexibility index (Phi) is 4.16. The average Bonchev–Trinajstić information content (AvgIpc) is 2.60. The van der Waals surface area contributed by atoms with Gasteiger partial charge in [0.1, 0.15) is 5.82 Å². The molecule has 92 valence electrons. The summed E-state index contributed by atoms with van der Waals surface area (Å²) >= 11 is 5.96. The summed E-state index contributed by atoms with van der Waals surface area (Å²) in [6.45, 7) is 0. The fourth-order valence-corrected chi connectivity index (χ4v) is 2.66. The third kappa shape index (κ3) is 3.06. The molecular formula is C14H16ClFO. The van der Waals surface area contributed by atoms with Gasteiger partial charge in [-0.3, -0.25) is 4.79 Å². The van der Waals surface area contributed by atoms with Crippen LogP contribution in [-0.4, -0.2) is 5.78 Å². The van der Waals surface area contributed by atoms with Crippen molar-refractivity contribution in [1.82, 2.24) is 0 Å². The predicted molar refractivity (Wildman–Crippen MR) is 66.9 cm³/mol. The third-order valence-corrected chi connectivity index (χ3v) is 3.75. The summed E-state index contributed by atoms with van der Waals surface area (Å²) in [4.78, 5) is 12.3. The highest BCUT2D eigenvalue weighted by molar-refractivity contribution is 6.34. The van der Waals surface area contributed by atoms with Crippen LogP contribution in [0, 0.1) is 11.7 Å². The van der Waals surface area contributed by atoms with Gasteiger partial charge in [0, 0.05) is 11.5 Å². The molecule has 0 unspecified atom stereocenters. The van der Waals surface area contributed by atoms with Crippen molar-refractivity contribution >= 4 is 17.4 Å². The maximum Gasteiger partial charge on any atom is 0.167 e. The lowest BCUT2D eigenvalue weighted by Gasteiger charge is -2.13. The molecule has 1 nitrogen and oxygen atoms in total. The first-order chi connectivity index (χ1) is 8.18. The highest BCUT2D eigenvalue weighted by Gasteiger charge is 2.23. The van der Waals surface area contributed by atoms with Crippen LogP contribution >= 0.6 is 11.6 Å². The Labute approximate surface area is 106 Å². The molecule has 1 aromatic rings. The molecule has 0 bridgehead atoms. The molecule has 0 heterocycles. The fraction of sp³-hybridized carbons (Fsp3) is 0.500. The summed E-state index contributed by atoms with van der Waals surface area (Å²) in [6, 6.07) is 4.00. The van der Waals surface area contributed by atoms with E-state index in [9.17, 15) is 9.18 Å². The van der Waals surface area contributed by atoms with Gasteiger partial charge in [-0.1, -0.05) is 37.3 Å². The predicted octanol–water partition coefficient (Wildman–Crippen LogP) is 4.63. The topological polar surface area (TPSA) is 17.1 Å². The van der Waals surface area contributed by atoms with E-state index in [4.69, 9.17) is 11.6 Å². The van der Waals surface area contributed by atoms with Crippen molar-refractivity contribution in [3.05, 3.63) is 34.6 Å². The van der Waals surface area contributed by atoms with Gasteiger partial charge < -0.3 is 0 Å². The molecule has 1 fully saturated rings. The monoisotopic (exact) mass is 254 g/mol. The van der Waals surface area contributed by atoms with Crippen LogP contribution in [-0.2, 0) is 0 Å². The summed E-state index contributed by atoms with van der Waals surface area (Å²) in [5.41, 5.74) is 0.346. The molecule has 0 N–H and O–H groups in total. The van der Waals surface area contributed by atoms with E-state index < -0.39 is 5.82 Å². The van der Waals surface area contributed by atoms with Gasteiger partial charge in [0.2, 0.25) is 0 Å². The zero-order chi connectivity index (χ0) is 12.3. The minimum atomic E-state index is -0.397. The molecule has 3 heteroatoms. The molecule has 0 aliphatic heterocycles. The number of hydrogen-bond donors (Lipinski definition) is 0. The van der Waals surface area contributed by atoms with E-state index in [-0.39, 0.29) is 11.7 Å². The van der Waals surface area contributed by atoms with Crippen molar-refractivity contribution in [2.75, 3.05) is 0 Å². The van der Waals surface area contributed by atoms with Crippen molar-refractivity contribution in [1.29, 1.82) is 0 Å². The van der Waals surface area contributed by atoms with Gasteiger partial charge in [-0.05, 0) is 31.0 Å². The number of benzene rings is 1. The molecule has 0 aromatic heterocycles. The summed E-state index contributed by atoms with van der Waals surface area (Å²) in [5, 5.41) is 0.362. The van der Waals surface area contributed by atoms with E-state index in [1.54, 1.807) is 0 Å². The lowest BCUT2D eigenvalue weighted by Crippen LogP contribution is -2.14. The second kappa shape index (κ2) is 5.63. The van der Waals surface area contributed by atoms with E-state index in [1.165, 1.54) is 31.0 Å². The number of Topliss-reactive ketones (excluding diaryl/α,β-unsaturated/α-hetero) is 1. The van der Waals surface area contributed by atoms with Gasteiger partial charge in [0.05, 0.1) is 5.02 Å². The van der Waals surface area contributed by atoms with Crippen LogP contribution in [0.3, 0.4) is 0 Å². The number of rotatable bonds is 2. The molecule has 1 aromatic carbocycles. The molecular weight excluding hydrogens is 239 g/mol. The second-order valence-electron chi connectivity index (χ2n) is 4.68. The van der Waals surface area contributed by atoms with Crippen molar-refractivity contribution in [3.8, 4) is 0 Å². The van der Waals surface area contributed by atoms with Gasteiger partial charge in [0.25, 0.3) is 0 Å². The van der Waals surface area contributed by atoms with Crippen LogP contribution < -0.4 is 0 Å². The van der Waals surface area contributed by atoms with E-state index in [1.807, 2.05) is 0 Å². The van der Waals surface area contributed by atoms with Crippen LogP contribution in [0.15, 0.2) is 18.2 Å². The quantitative estimate of drug-likeness (QED) is 0.555. The highest BCUT2D eigenvalue weighted by Crippen LogP contribution is 2.28. The summed E-state index contributed by atoms with van der Waals surface area (Å²) in [5.74, 6) is -0.362. The van der Waals surface area contributed by atoms with E-state index in [0.29, 0.717) is 10.6 Å². The number of halogens is 2. The summed E-state index contributed by atoms with van der Waals surface area (Å²) in [7, 11) is 0. The summed E-state index contributed by atoms with van der Waals surface area (Å²) in [6.07, 6.45) is 6.38. The van der Waals surface area contributed by atoms with Crippen molar-refractivity contribution in [3.63, 3.8) is 0 Å². The number of hydrogen-bond acceptors (Lipinski definition) is 1. The molecule has 0 spiro atoms. The first-order valence-electron chi connectivity index (χ1n) is 6.18. The minimum absolute atomic E-state index is 0.0106. The van der Waals surface area contributed by atoms with Crippen LogP contribution in [0.25, 0.3) is 0 Å². The molecule has 1 aliphatic carbocycles. The lowest BCUT2D eigenvalue weighted by molar-refractivity contribution is 0.0907. The fourth-order valence-electron chi connectivity index (χ4n) is 2.45. The molecule has 17 heavy (non-hydrogen) atoms. The van der Waals surface area contributed by atoms with Gasteiger partial charge >= 0.3 is 0 Å². The maximum atomic E-state index is 13.1. The normalized spacial score (nSPS) is 17.8. The van der Waals surface area contributed by atoms with Crippen LogP contribution in [0.2, 0.25) is 5.02 Å². The molecule has 1 aliphatic rings. The molecule has 0 radical (unpaired) electrons. The Balaban J connectivity index is 2.20. The van der Waals surface area contributed by atoms with E-state index >= 15 is 0 Å². The van der Waals surface area contributed by atoms with Crippen LogP contribution in [0.1, 0.15) is 48.9 Å². The smallest absolute Gasteiger partial charge is 0.167 e. The molecule has 0 atom stereocenters. The van der Waals surface area contributed by atoms with Crippen LogP contribution in [0.4, 0.5) is 4.39 Å². The summed E-state index contributed by atoms with van der Waals surface area (Å²) < 4.78 is 13.1. The van der Waals surface area contributed by atoms with Crippen molar-refractivity contribution in [2.24, 2.45) is 5.92 Å². The lowest BCUT2D eigenvalue weighted by atomic mass is 9.91. The minimum Gasteiger partial charge on any atom is -0.294 e. The van der Waals surface area contributed by atoms with Crippen molar-refractivity contribution < 1.29 is 9.18 Å². The standard InChI is InChI=1S/C14H16ClFO/c15-13-8-7-11(16)9-12(13)14(17)10-5-3-1-2-4-6-10/h7-10H,1-6H2. The Hall–Kier alpha value is -0.890. The highest BCUT2D eigenvalue weighted by atomic mass is 35.5. The van der Waals surface area contributed by atoms with Gasteiger partial charge in [-0.15, -0.1) is 0 Å². The maximum absolute atomic E-state index is 13.1. The largest absolute Gasteiger partial charge is 0.294 e. The van der Waals surface area contributed by atoms with E-state index in [2.05, 4.69) is 0 Å². The molecule has 2 rings (SSSR count). The number of ketones is 1. The van der Waals surface area contributed by atoms with Gasteiger partial charge in [0.15, 0.2) is 5.78 Å². The third-order valence-electron chi connectivity index (χ3n) is 3.42. The van der Waals surface area contributed by atoms with Crippen molar-refractivity contribution in [2.45, 2.75) is 38.5 Å². The first-order valence-corrected chi connectivity index (χ1v) is 6.55. The SMILES string of the molecule is O=C(c1cc(F)ccc1Cl)C1CCCCCC1. The Morgan fingerprint density at radius 3 is 2.47 bits per heavy atom. The Morgan fingerprint density at radius 1 is 1.18 bits per heavy atom. The molecule has 0 saturated heterocycles. The molecule has 1 saturated carbocycles. The first kappa shape index (κ1) is 12.6. The van der Waals surface area contributed by atoms with Crippen LogP contribution in [0.5, 0.6) is 0 Å². The van der Waals surface area contributed by atoms with E-state index in [0.717, 1.165) is 25.7 Å². The Morgan fingerprint density at radius 2 is 1.82 bits per heavy atom.